The zero-order chi connectivity index (χ0) is 19.7. The van der Waals surface area contributed by atoms with Crippen LogP contribution in [0.3, 0.4) is 0 Å². The summed E-state index contributed by atoms with van der Waals surface area (Å²) >= 11 is 0. The molecule has 0 radical (unpaired) electrons. The van der Waals surface area contributed by atoms with Crippen LogP contribution in [0.2, 0.25) is 0 Å². The molecule has 0 saturated heterocycles. The van der Waals surface area contributed by atoms with E-state index in [1.807, 2.05) is 51.2 Å². The Balaban J connectivity index is 1.77. The summed E-state index contributed by atoms with van der Waals surface area (Å²) in [7, 11) is 0. The summed E-state index contributed by atoms with van der Waals surface area (Å²) in [5.74, 6) is 1.94. The van der Waals surface area contributed by atoms with E-state index in [4.69, 9.17) is 9.84 Å². The van der Waals surface area contributed by atoms with Crippen molar-refractivity contribution in [1.29, 1.82) is 0 Å². The summed E-state index contributed by atoms with van der Waals surface area (Å²) in [6.07, 6.45) is 4.23. The smallest absolute Gasteiger partial charge is 0.183 e. The molecule has 3 aromatic heterocycles. The van der Waals surface area contributed by atoms with Crippen molar-refractivity contribution in [1.82, 2.24) is 29.9 Å². The third kappa shape index (κ3) is 3.59. The predicted octanol–water partition coefficient (Wildman–Crippen LogP) is 2.84. The Bertz CT molecular complexity index is 1120. The number of nitrogens with zero attached hydrogens (tertiary/aromatic N) is 5. The highest BCUT2D eigenvalue weighted by atomic mass is 16.5. The molecule has 4 aromatic rings. The maximum absolute atomic E-state index is 9.11. The number of benzene rings is 1. The molecular weight excluding hydrogens is 356 g/mol. The van der Waals surface area contributed by atoms with Crippen LogP contribution < -0.4 is 4.74 Å². The van der Waals surface area contributed by atoms with E-state index < -0.39 is 0 Å². The first-order valence-electron chi connectivity index (χ1n) is 9.19. The van der Waals surface area contributed by atoms with Gasteiger partial charge in [0.25, 0.3) is 0 Å². The van der Waals surface area contributed by atoms with E-state index in [2.05, 4.69) is 25.3 Å². The van der Waals surface area contributed by atoms with E-state index in [0.29, 0.717) is 23.8 Å². The van der Waals surface area contributed by atoms with Crippen LogP contribution in [0.4, 0.5) is 0 Å². The van der Waals surface area contributed by atoms with Crippen LogP contribution >= 0.6 is 0 Å². The van der Waals surface area contributed by atoms with E-state index >= 15 is 0 Å². The van der Waals surface area contributed by atoms with Gasteiger partial charge in [0.15, 0.2) is 11.6 Å². The maximum Gasteiger partial charge on any atom is 0.183 e. The van der Waals surface area contributed by atoms with Gasteiger partial charge in [0, 0.05) is 30.0 Å². The number of aromatic nitrogens is 6. The normalized spacial score (nSPS) is 11.5. The van der Waals surface area contributed by atoms with Crippen molar-refractivity contribution in [3.05, 3.63) is 47.9 Å². The Kier molecular flexibility index (Phi) is 4.79. The monoisotopic (exact) mass is 378 g/mol. The van der Waals surface area contributed by atoms with Crippen LogP contribution in [0.1, 0.15) is 25.1 Å². The van der Waals surface area contributed by atoms with Gasteiger partial charge in [-0.25, -0.2) is 14.6 Å². The molecule has 144 valence electrons. The highest BCUT2D eigenvalue weighted by Crippen LogP contribution is 2.28. The molecule has 0 aliphatic carbocycles. The van der Waals surface area contributed by atoms with Gasteiger partial charge in [-0.2, -0.15) is 10.2 Å². The minimum atomic E-state index is 0.0831. The number of aromatic amines is 1. The molecule has 8 heteroatoms. The number of aryl methyl sites for hydroxylation is 1. The van der Waals surface area contributed by atoms with Gasteiger partial charge in [-0.15, -0.1) is 0 Å². The van der Waals surface area contributed by atoms with Gasteiger partial charge in [0.1, 0.15) is 11.4 Å². The van der Waals surface area contributed by atoms with Gasteiger partial charge in [-0.3, -0.25) is 5.10 Å². The highest BCUT2D eigenvalue weighted by Gasteiger charge is 2.15. The van der Waals surface area contributed by atoms with Gasteiger partial charge in [-0.1, -0.05) is 0 Å². The van der Waals surface area contributed by atoms with Crippen LogP contribution in [0.15, 0.2) is 36.7 Å². The zero-order valence-corrected chi connectivity index (χ0v) is 16.0. The molecular formula is C20H22N6O2. The molecule has 4 rings (SSSR count). The molecule has 0 aliphatic rings. The first-order chi connectivity index (χ1) is 13.5. The molecule has 0 unspecified atom stereocenters. The number of ether oxygens (including phenoxy) is 1. The predicted molar refractivity (Wildman–Crippen MR) is 106 cm³/mol. The van der Waals surface area contributed by atoms with Crippen molar-refractivity contribution >= 4 is 10.9 Å². The standard InChI is InChI=1S/C20H22N6O2/c1-12(2)28-15-4-5-17-16(9-15)19(25-24-17)20-22-13(3)8-18(23-20)26-11-14(6-7-27)10-21-26/h4-5,8-12,27H,6-7H2,1-3H3,(H,24,25). The molecule has 0 amide bonds. The van der Waals surface area contributed by atoms with Gasteiger partial charge in [0.2, 0.25) is 0 Å². The Morgan fingerprint density at radius 3 is 2.86 bits per heavy atom. The fraction of sp³-hybridized carbons (Fsp3) is 0.300. The molecule has 0 atom stereocenters. The molecule has 3 heterocycles. The summed E-state index contributed by atoms with van der Waals surface area (Å²) in [5, 5.41) is 21.8. The lowest BCUT2D eigenvalue weighted by Gasteiger charge is -2.09. The van der Waals surface area contributed by atoms with E-state index in [-0.39, 0.29) is 12.7 Å². The van der Waals surface area contributed by atoms with Crippen LogP contribution in [-0.4, -0.2) is 47.8 Å². The molecule has 1 aromatic carbocycles. The number of aliphatic hydroxyl groups excluding tert-OH is 1. The van der Waals surface area contributed by atoms with E-state index in [1.165, 1.54) is 0 Å². The molecule has 0 saturated carbocycles. The molecule has 0 fully saturated rings. The van der Waals surface area contributed by atoms with Gasteiger partial charge in [0.05, 0.1) is 17.8 Å². The Morgan fingerprint density at radius 2 is 2.07 bits per heavy atom. The molecule has 2 N–H and O–H groups in total. The topological polar surface area (TPSA) is 102 Å². The average molecular weight is 378 g/mol. The second kappa shape index (κ2) is 7.40. The fourth-order valence-electron chi connectivity index (χ4n) is 3.03. The lowest BCUT2D eigenvalue weighted by atomic mass is 10.2. The molecule has 8 nitrogen and oxygen atoms in total. The summed E-state index contributed by atoms with van der Waals surface area (Å²) in [6, 6.07) is 7.67. The molecule has 0 aliphatic heterocycles. The summed E-state index contributed by atoms with van der Waals surface area (Å²) in [5.41, 5.74) is 3.31. The number of rotatable bonds is 6. The number of nitrogens with one attached hydrogen (secondary N) is 1. The number of H-pyrrole nitrogens is 1. The summed E-state index contributed by atoms with van der Waals surface area (Å²) in [6.45, 7) is 5.98. The van der Waals surface area contributed by atoms with Crippen LogP contribution in [-0.2, 0) is 6.42 Å². The van der Waals surface area contributed by atoms with Crippen molar-refractivity contribution in [2.45, 2.75) is 33.3 Å². The summed E-state index contributed by atoms with van der Waals surface area (Å²) < 4.78 is 7.49. The second-order valence-electron chi connectivity index (χ2n) is 6.90. The van der Waals surface area contributed by atoms with Crippen LogP contribution in [0.25, 0.3) is 28.2 Å². The largest absolute Gasteiger partial charge is 0.491 e. The van der Waals surface area contributed by atoms with Crippen molar-refractivity contribution in [3.8, 4) is 23.1 Å². The first-order valence-corrected chi connectivity index (χ1v) is 9.19. The van der Waals surface area contributed by atoms with Gasteiger partial charge in [-0.05, 0) is 51.0 Å². The molecule has 0 bridgehead atoms. The van der Waals surface area contributed by atoms with E-state index in [0.717, 1.165) is 27.9 Å². The van der Waals surface area contributed by atoms with E-state index in [1.54, 1.807) is 10.9 Å². The number of fused-ring (bicyclic) bond motifs is 1. The molecule has 28 heavy (non-hydrogen) atoms. The molecule has 0 spiro atoms. The Labute approximate surface area is 162 Å². The third-order valence-electron chi connectivity index (χ3n) is 4.23. The number of hydrogen-bond donors (Lipinski definition) is 2. The van der Waals surface area contributed by atoms with Gasteiger partial charge < -0.3 is 9.84 Å². The second-order valence-corrected chi connectivity index (χ2v) is 6.90. The first kappa shape index (κ1) is 18.1. The minimum Gasteiger partial charge on any atom is -0.491 e. The van der Waals surface area contributed by atoms with E-state index in [9.17, 15) is 0 Å². The summed E-state index contributed by atoms with van der Waals surface area (Å²) in [4.78, 5) is 9.23. The average Bonchev–Trinajstić information content (AvgIpc) is 3.28. The number of hydrogen-bond acceptors (Lipinski definition) is 6. The van der Waals surface area contributed by atoms with Crippen molar-refractivity contribution in [3.63, 3.8) is 0 Å². The highest BCUT2D eigenvalue weighted by molar-refractivity contribution is 5.92. The zero-order valence-electron chi connectivity index (χ0n) is 16.0. The quantitative estimate of drug-likeness (QED) is 0.535. The van der Waals surface area contributed by atoms with Crippen molar-refractivity contribution in [2.75, 3.05) is 6.61 Å². The fourth-order valence-corrected chi connectivity index (χ4v) is 3.03. The minimum absolute atomic E-state index is 0.0831. The van der Waals surface area contributed by atoms with Gasteiger partial charge >= 0.3 is 0 Å². The lowest BCUT2D eigenvalue weighted by molar-refractivity contribution is 0.243. The maximum atomic E-state index is 9.11. The number of aliphatic hydroxyl groups is 1. The lowest BCUT2D eigenvalue weighted by Crippen LogP contribution is -2.05. The SMILES string of the molecule is Cc1cc(-n2cc(CCO)cn2)nc(-c2n[nH]c3ccc(OC(C)C)cc23)n1. The Hall–Kier alpha value is -3.26. The van der Waals surface area contributed by atoms with Crippen LogP contribution in [0.5, 0.6) is 5.75 Å². The van der Waals surface area contributed by atoms with Crippen LogP contribution in [0, 0.1) is 6.92 Å². The van der Waals surface area contributed by atoms with Crippen molar-refractivity contribution in [2.24, 2.45) is 0 Å². The third-order valence-corrected chi connectivity index (χ3v) is 4.23. The van der Waals surface area contributed by atoms with Crippen molar-refractivity contribution < 1.29 is 9.84 Å². The Morgan fingerprint density at radius 1 is 1.21 bits per heavy atom.